The molecule has 1 aromatic carbocycles. The largest absolute Gasteiger partial charge is 0.351 e. The van der Waals surface area contributed by atoms with Gasteiger partial charge in [0.2, 0.25) is 17.7 Å². The molecular formula is C16H18FN3O3. The summed E-state index contributed by atoms with van der Waals surface area (Å²) in [4.78, 5) is 37.2. The van der Waals surface area contributed by atoms with Crippen molar-refractivity contribution in [2.75, 3.05) is 13.1 Å². The van der Waals surface area contributed by atoms with Crippen LogP contribution < -0.4 is 10.6 Å². The third-order valence-electron chi connectivity index (χ3n) is 4.36. The van der Waals surface area contributed by atoms with Gasteiger partial charge in [0.15, 0.2) is 0 Å². The highest BCUT2D eigenvalue weighted by atomic mass is 19.1. The highest BCUT2D eigenvalue weighted by Crippen LogP contribution is 2.21. The van der Waals surface area contributed by atoms with E-state index in [1.807, 2.05) is 0 Å². The van der Waals surface area contributed by atoms with Crippen LogP contribution in [0.4, 0.5) is 4.39 Å². The first-order valence-electron chi connectivity index (χ1n) is 7.55. The maximum Gasteiger partial charge on any atom is 0.243 e. The summed E-state index contributed by atoms with van der Waals surface area (Å²) >= 11 is 0. The molecule has 6 nitrogen and oxygen atoms in total. The van der Waals surface area contributed by atoms with E-state index in [1.54, 1.807) is 13.0 Å². The monoisotopic (exact) mass is 319 g/mol. The van der Waals surface area contributed by atoms with Crippen molar-refractivity contribution < 1.29 is 18.8 Å². The number of hydrogen-bond donors (Lipinski definition) is 2. The zero-order chi connectivity index (χ0) is 16.6. The van der Waals surface area contributed by atoms with Gasteiger partial charge in [-0.25, -0.2) is 4.39 Å². The van der Waals surface area contributed by atoms with E-state index in [2.05, 4.69) is 10.6 Å². The summed E-state index contributed by atoms with van der Waals surface area (Å²) < 4.78 is 13.1. The number of hydrogen-bond acceptors (Lipinski definition) is 3. The van der Waals surface area contributed by atoms with Crippen molar-refractivity contribution >= 4 is 17.7 Å². The highest BCUT2D eigenvalue weighted by Gasteiger charge is 2.42. The van der Waals surface area contributed by atoms with Crippen molar-refractivity contribution in [2.24, 2.45) is 0 Å². The molecule has 122 valence electrons. The first kappa shape index (κ1) is 15.5. The first-order valence-corrected chi connectivity index (χ1v) is 7.55. The molecule has 7 heteroatoms. The smallest absolute Gasteiger partial charge is 0.243 e. The van der Waals surface area contributed by atoms with E-state index in [0.717, 1.165) is 11.1 Å². The standard InChI is InChI=1S/C16H18FN3O3/c1-9-4-11(17)3-2-10(9)5-14(21)19-12-6-13-16(23)18-7-15(22)20(13)8-12/h2-4,12-13H,5-8H2,1H3,(H,18,23)(H,19,21)/t12-,13+/m1/s1. The number of piperazine rings is 1. The summed E-state index contributed by atoms with van der Waals surface area (Å²) in [6, 6.07) is 3.59. The Morgan fingerprint density at radius 3 is 2.91 bits per heavy atom. The predicted octanol–water partition coefficient (Wildman–Crippen LogP) is -0.108. The Kier molecular flexibility index (Phi) is 4.02. The van der Waals surface area contributed by atoms with Crippen LogP contribution in [0.1, 0.15) is 17.5 Å². The molecule has 3 rings (SSSR count). The number of carbonyl (C=O) groups excluding carboxylic acids is 3. The summed E-state index contributed by atoms with van der Waals surface area (Å²) in [6.45, 7) is 2.13. The lowest BCUT2D eigenvalue weighted by Crippen LogP contribution is -2.55. The molecule has 1 aromatic rings. The van der Waals surface area contributed by atoms with Gasteiger partial charge in [-0.2, -0.15) is 0 Å². The number of halogens is 1. The maximum absolute atomic E-state index is 13.1. The van der Waals surface area contributed by atoms with E-state index in [9.17, 15) is 18.8 Å². The molecule has 2 aliphatic heterocycles. The summed E-state index contributed by atoms with van der Waals surface area (Å²) in [6.07, 6.45) is 0.569. The molecule has 2 N–H and O–H groups in total. The summed E-state index contributed by atoms with van der Waals surface area (Å²) in [5.41, 5.74) is 1.48. The molecule has 3 amide bonds. The zero-order valence-corrected chi connectivity index (χ0v) is 12.8. The molecule has 0 radical (unpaired) electrons. The topological polar surface area (TPSA) is 78.5 Å². The average Bonchev–Trinajstić information content (AvgIpc) is 2.91. The van der Waals surface area contributed by atoms with Crippen LogP contribution in [-0.2, 0) is 20.8 Å². The van der Waals surface area contributed by atoms with Crippen molar-refractivity contribution in [3.05, 3.63) is 35.1 Å². The summed E-state index contributed by atoms with van der Waals surface area (Å²) in [5, 5.41) is 5.41. The molecule has 2 heterocycles. The number of nitrogens with zero attached hydrogens (tertiary/aromatic N) is 1. The quantitative estimate of drug-likeness (QED) is 0.816. The minimum absolute atomic E-state index is 0.0186. The molecule has 0 saturated carbocycles. The van der Waals surface area contributed by atoms with Crippen molar-refractivity contribution in [3.63, 3.8) is 0 Å². The van der Waals surface area contributed by atoms with Crippen LogP contribution in [0.25, 0.3) is 0 Å². The van der Waals surface area contributed by atoms with Crippen LogP contribution in [0.15, 0.2) is 18.2 Å². The van der Waals surface area contributed by atoms with Crippen LogP contribution in [0.3, 0.4) is 0 Å². The normalized spacial score (nSPS) is 23.5. The van der Waals surface area contributed by atoms with E-state index < -0.39 is 6.04 Å². The van der Waals surface area contributed by atoms with Crippen LogP contribution in [0, 0.1) is 12.7 Å². The Labute approximate surface area is 133 Å². The van der Waals surface area contributed by atoms with E-state index in [4.69, 9.17) is 0 Å². The van der Waals surface area contributed by atoms with E-state index in [-0.39, 0.29) is 42.5 Å². The molecular weight excluding hydrogens is 301 g/mol. The third kappa shape index (κ3) is 3.18. The highest BCUT2D eigenvalue weighted by molar-refractivity contribution is 5.95. The Morgan fingerprint density at radius 1 is 1.43 bits per heavy atom. The molecule has 0 bridgehead atoms. The Balaban J connectivity index is 1.60. The molecule has 2 atom stereocenters. The second-order valence-electron chi connectivity index (χ2n) is 6.03. The van der Waals surface area contributed by atoms with Crippen molar-refractivity contribution in [2.45, 2.75) is 31.8 Å². The maximum atomic E-state index is 13.1. The van der Waals surface area contributed by atoms with Crippen molar-refractivity contribution in [3.8, 4) is 0 Å². The van der Waals surface area contributed by atoms with E-state index in [1.165, 1.54) is 17.0 Å². The molecule has 2 aliphatic rings. The minimum Gasteiger partial charge on any atom is -0.351 e. The van der Waals surface area contributed by atoms with Crippen LogP contribution in [0.5, 0.6) is 0 Å². The lowest BCUT2D eigenvalue weighted by Gasteiger charge is -2.28. The predicted molar refractivity (Wildman–Crippen MR) is 79.9 cm³/mol. The SMILES string of the molecule is Cc1cc(F)ccc1CC(=O)N[C@@H]1C[C@H]2C(=O)NCC(=O)N2C1. The Bertz CT molecular complexity index is 653. The fourth-order valence-electron chi connectivity index (χ4n) is 3.16. The van der Waals surface area contributed by atoms with Crippen LogP contribution in [-0.4, -0.2) is 47.8 Å². The Hall–Kier alpha value is -2.44. The number of aryl methyl sites for hydroxylation is 1. The number of amides is 3. The molecule has 23 heavy (non-hydrogen) atoms. The Morgan fingerprint density at radius 2 is 2.22 bits per heavy atom. The number of nitrogens with one attached hydrogen (secondary N) is 2. The number of carbonyl (C=O) groups is 3. The van der Waals surface area contributed by atoms with Gasteiger partial charge in [0.25, 0.3) is 0 Å². The minimum atomic E-state index is -0.492. The summed E-state index contributed by atoms with van der Waals surface area (Å²) in [5.74, 6) is -0.822. The van der Waals surface area contributed by atoms with Crippen molar-refractivity contribution in [1.82, 2.24) is 15.5 Å². The lowest BCUT2D eigenvalue weighted by molar-refractivity contribution is -0.143. The fraction of sp³-hybridized carbons (Fsp3) is 0.438. The molecule has 0 aliphatic carbocycles. The zero-order valence-electron chi connectivity index (χ0n) is 12.8. The second-order valence-corrected chi connectivity index (χ2v) is 6.03. The third-order valence-corrected chi connectivity index (χ3v) is 4.36. The van der Waals surface area contributed by atoms with Crippen LogP contribution >= 0.6 is 0 Å². The van der Waals surface area contributed by atoms with Crippen LogP contribution in [0.2, 0.25) is 0 Å². The molecule has 2 fully saturated rings. The van der Waals surface area contributed by atoms with E-state index in [0.29, 0.717) is 13.0 Å². The van der Waals surface area contributed by atoms with Gasteiger partial charge >= 0.3 is 0 Å². The van der Waals surface area contributed by atoms with Gasteiger partial charge in [0, 0.05) is 12.6 Å². The summed E-state index contributed by atoms with van der Waals surface area (Å²) in [7, 11) is 0. The van der Waals surface area contributed by atoms with Gasteiger partial charge in [0.1, 0.15) is 11.9 Å². The van der Waals surface area contributed by atoms with Crippen molar-refractivity contribution in [1.29, 1.82) is 0 Å². The van der Waals surface area contributed by atoms with Gasteiger partial charge < -0.3 is 15.5 Å². The molecule has 2 saturated heterocycles. The van der Waals surface area contributed by atoms with Gasteiger partial charge in [0.05, 0.1) is 13.0 Å². The number of rotatable bonds is 3. The number of benzene rings is 1. The molecule has 0 spiro atoms. The molecule has 0 aromatic heterocycles. The van der Waals surface area contributed by atoms with Gasteiger partial charge in [-0.05, 0) is 36.6 Å². The van der Waals surface area contributed by atoms with E-state index >= 15 is 0 Å². The lowest BCUT2D eigenvalue weighted by atomic mass is 10.0. The van der Waals surface area contributed by atoms with Gasteiger partial charge in [-0.3, -0.25) is 14.4 Å². The van der Waals surface area contributed by atoms with Gasteiger partial charge in [-0.1, -0.05) is 6.07 Å². The second kappa shape index (κ2) is 5.98. The average molecular weight is 319 g/mol. The number of fused-ring (bicyclic) bond motifs is 1. The fourth-order valence-corrected chi connectivity index (χ4v) is 3.16. The van der Waals surface area contributed by atoms with Gasteiger partial charge in [-0.15, -0.1) is 0 Å². The molecule has 0 unspecified atom stereocenters. The first-order chi connectivity index (χ1) is 10.9.